The molecule has 0 radical (unpaired) electrons. The minimum Gasteiger partial charge on any atom is -0.493 e. The molecule has 1 aromatic heterocycles. The zero-order valence-corrected chi connectivity index (χ0v) is 17.5. The van der Waals surface area contributed by atoms with Crippen molar-refractivity contribution in [1.82, 2.24) is 14.8 Å². The Balaban J connectivity index is 1.49. The van der Waals surface area contributed by atoms with Gasteiger partial charge in [-0.15, -0.1) is 10.2 Å². The molecule has 4 rings (SSSR count). The van der Waals surface area contributed by atoms with E-state index >= 15 is 0 Å². The van der Waals surface area contributed by atoms with Crippen molar-refractivity contribution in [2.75, 3.05) is 17.7 Å². The third-order valence-corrected chi connectivity index (χ3v) is 5.53. The lowest BCUT2D eigenvalue weighted by molar-refractivity contribution is -0.114. The van der Waals surface area contributed by atoms with Crippen molar-refractivity contribution >= 4 is 35.0 Å². The highest BCUT2D eigenvalue weighted by Gasteiger charge is 2.31. The van der Waals surface area contributed by atoms with Gasteiger partial charge in [-0.25, -0.2) is 0 Å². The lowest BCUT2D eigenvalue weighted by Gasteiger charge is -2.12. The van der Waals surface area contributed by atoms with Crippen LogP contribution in [0.2, 0.25) is 5.02 Å². The molecule has 0 saturated heterocycles. The molecule has 1 aliphatic carbocycles. The second-order valence-corrected chi connectivity index (χ2v) is 8.33. The highest BCUT2D eigenvalue weighted by atomic mass is 35.5. The van der Waals surface area contributed by atoms with Gasteiger partial charge in [0.1, 0.15) is 11.6 Å². The van der Waals surface area contributed by atoms with Crippen LogP contribution in [0, 0.1) is 0 Å². The number of ether oxygens (including phenoxy) is 1. The summed E-state index contributed by atoms with van der Waals surface area (Å²) in [5, 5.41) is 13.2. The van der Waals surface area contributed by atoms with Gasteiger partial charge in [0.25, 0.3) is 0 Å². The molecule has 0 aliphatic heterocycles. The molecule has 6 nitrogen and oxygen atoms in total. The zero-order valence-electron chi connectivity index (χ0n) is 16.0. The van der Waals surface area contributed by atoms with Crippen LogP contribution in [0.25, 0.3) is 5.69 Å². The van der Waals surface area contributed by atoms with E-state index in [9.17, 15) is 4.79 Å². The van der Waals surface area contributed by atoms with Gasteiger partial charge in [-0.1, -0.05) is 35.5 Å². The summed E-state index contributed by atoms with van der Waals surface area (Å²) >= 11 is 7.59. The average Bonchev–Trinajstić information content (AvgIpc) is 3.45. The predicted octanol–water partition coefficient (Wildman–Crippen LogP) is 4.93. The van der Waals surface area contributed by atoms with E-state index < -0.39 is 0 Å². The maximum absolute atomic E-state index is 11.4. The number of amides is 1. The summed E-state index contributed by atoms with van der Waals surface area (Å²) in [5.41, 5.74) is 1.70. The number of anilines is 1. The molecule has 0 spiro atoms. The van der Waals surface area contributed by atoms with Gasteiger partial charge in [-0.3, -0.25) is 9.36 Å². The fraction of sp³-hybridized carbons (Fsp3) is 0.286. The first kappa shape index (κ1) is 19.8. The Bertz CT molecular complexity index is 1020. The number of nitrogens with one attached hydrogen (secondary N) is 1. The fourth-order valence-electron chi connectivity index (χ4n) is 3.00. The normalized spacial score (nSPS) is 13.3. The van der Waals surface area contributed by atoms with Crippen molar-refractivity contribution in [3.63, 3.8) is 0 Å². The lowest BCUT2D eigenvalue weighted by atomic mass is 10.2. The van der Waals surface area contributed by atoms with Gasteiger partial charge in [0, 0.05) is 29.3 Å². The van der Waals surface area contributed by atoms with E-state index in [0.29, 0.717) is 17.5 Å². The molecule has 1 aliphatic rings. The number of thioether (sulfide) groups is 1. The number of carbonyl (C=O) groups excluding carboxylic acids is 1. The molecule has 1 saturated carbocycles. The molecule has 150 valence electrons. The molecule has 0 bridgehead atoms. The van der Waals surface area contributed by atoms with Gasteiger partial charge in [0.15, 0.2) is 5.16 Å². The third kappa shape index (κ3) is 5.10. The smallest absolute Gasteiger partial charge is 0.221 e. The topological polar surface area (TPSA) is 69.0 Å². The van der Waals surface area contributed by atoms with E-state index in [1.807, 2.05) is 42.5 Å². The van der Waals surface area contributed by atoms with E-state index in [1.54, 1.807) is 17.8 Å². The molecule has 1 N–H and O–H groups in total. The molecule has 3 aromatic rings. The van der Waals surface area contributed by atoms with E-state index in [4.69, 9.17) is 16.3 Å². The number of rotatable bonds is 8. The monoisotopic (exact) mass is 428 g/mol. The Kier molecular flexibility index (Phi) is 6.06. The Morgan fingerprint density at radius 2 is 2.07 bits per heavy atom. The first-order chi connectivity index (χ1) is 14.1. The summed E-state index contributed by atoms with van der Waals surface area (Å²) in [6.45, 7) is 2.03. The van der Waals surface area contributed by atoms with Crippen molar-refractivity contribution in [2.24, 2.45) is 0 Å². The van der Waals surface area contributed by atoms with Gasteiger partial charge in [-0.2, -0.15) is 0 Å². The largest absolute Gasteiger partial charge is 0.493 e. The number of hydrogen-bond acceptors (Lipinski definition) is 5. The maximum atomic E-state index is 11.4. The van der Waals surface area contributed by atoms with E-state index in [1.165, 1.54) is 6.92 Å². The molecule has 1 heterocycles. The highest BCUT2D eigenvalue weighted by Crippen LogP contribution is 2.41. The summed E-state index contributed by atoms with van der Waals surface area (Å²) < 4.78 is 7.86. The predicted molar refractivity (Wildman–Crippen MR) is 115 cm³/mol. The molecule has 0 unspecified atom stereocenters. The lowest BCUT2D eigenvalue weighted by Crippen LogP contribution is -2.08. The van der Waals surface area contributed by atoms with Crippen LogP contribution in [0.5, 0.6) is 5.75 Å². The van der Waals surface area contributed by atoms with Crippen molar-refractivity contribution in [3.8, 4) is 11.4 Å². The van der Waals surface area contributed by atoms with Crippen LogP contribution in [0.4, 0.5) is 5.69 Å². The zero-order chi connectivity index (χ0) is 20.2. The second kappa shape index (κ2) is 8.88. The van der Waals surface area contributed by atoms with Crippen LogP contribution in [-0.4, -0.2) is 33.0 Å². The molecule has 29 heavy (non-hydrogen) atoms. The summed E-state index contributed by atoms with van der Waals surface area (Å²) in [4.78, 5) is 11.4. The van der Waals surface area contributed by atoms with Crippen LogP contribution in [0.3, 0.4) is 0 Å². The van der Waals surface area contributed by atoms with Crippen LogP contribution < -0.4 is 10.1 Å². The van der Waals surface area contributed by atoms with Crippen LogP contribution in [0.1, 0.15) is 31.5 Å². The minimum atomic E-state index is -0.0962. The van der Waals surface area contributed by atoms with Gasteiger partial charge < -0.3 is 10.1 Å². The van der Waals surface area contributed by atoms with Crippen molar-refractivity contribution < 1.29 is 9.53 Å². The number of halogens is 1. The standard InChI is InChI=1S/C21H21ClN4O2S/c1-14(27)23-17-5-3-6-18(13-17)26-20(15-8-9-15)24-25-21(26)29-11-10-28-19-7-2-4-16(22)12-19/h2-7,12-13,15H,8-11H2,1H3,(H,23,27). The van der Waals surface area contributed by atoms with Gasteiger partial charge >= 0.3 is 0 Å². The SMILES string of the molecule is CC(=O)Nc1cccc(-n2c(SCCOc3cccc(Cl)c3)nnc2C2CC2)c1. The molecule has 1 amide bonds. The number of carbonyl (C=O) groups is 1. The van der Waals surface area contributed by atoms with E-state index in [2.05, 4.69) is 20.1 Å². The van der Waals surface area contributed by atoms with Crippen LogP contribution in [0.15, 0.2) is 53.7 Å². The quantitative estimate of drug-likeness (QED) is 0.407. The van der Waals surface area contributed by atoms with Crippen molar-refractivity contribution in [1.29, 1.82) is 0 Å². The Morgan fingerprint density at radius 3 is 2.83 bits per heavy atom. The second-order valence-electron chi connectivity index (χ2n) is 6.84. The number of benzene rings is 2. The first-order valence-corrected chi connectivity index (χ1v) is 10.8. The van der Waals surface area contributed by atoms with Crippen molar-refractivity contribution in [2.45, 2.75) is 30.8 Å². The van der Waals surface area contributed by atoms with E-state index in [0.717, 1.165) is 46.7 Å². The summed E-state index contributed by atoms with van der Waals surface area (Å²) in [6.07, 6.45) is 2.26. The van der Waals surface area contributed by atoms with Crippen LogP contribution >= 0.6 is 23.4 Å². The Morgan fingerprint density at radius 1 is 1.24 bits per heavy atom. The van der Waals surface area contributed by atoms with Crippen LogP contribution in [-0.2, 0) is 4.79 Å². The van der Waals surface area contributed by atoms with Gasteiger partial charge in [0.2, 0.25) is 5.91 Å². The maximum Gasteiger partial charge on any atom is 0.221 e. The average molecular weight is 429 g/mol. The number of aromatic nitrogens is 3. The van der Waals surface area contributed by atoms with E-state index in [-0.39, 0.29) is 5.91 Å². The highest BCUT2D eigenvalue weighted by molar-refractivity contribution is 7.99. The summed E-state index contributed by atoms with van der Waals surface area (Å²) in [6, 6.07) is 15.1. The van der Waals surface area contributed by atoms with Gasteiger partial charge in [-0.05, 0) is 49.2 Å². The Labute approximate surface area is 178 Å². The van der Waals surface area contributed by atoms with Gasteiger partial charge in [0.05, 0.1) is 12.3 Å². The molecule has 0 atom stereocenters. The number of nitrogens with zero attached hydrogens (tertiary/aromatic N) is 3. The summed E-state index contributed by atoms with van der Waals surface area (Å²) in [7, 11) is 0. The first-order valence-electron chi connectivity index (χ1n) is 9.44. The fourth-order valence-corrected chi connectivity index (χ4v) is 3.95. The molecular formula is C21H21ClN4O2S. The Hall–Kier alpha value is -2.51. The molecule has 2 aromatic carbocycles. The molecular weight excluding hydrogens is 408 g/mol. The number of hydrogen-bond donors (Lipinski definition) is 1. The third-order valence-electron chi connectivity index (χ3n) is 4.40. The minimum absolute atomic E-state index is 0.0962. The molecule has 1 fully saturated rings. The molecule has 8 heteroatoms. The summed E-state index contributed by atoms with van der Waals surface area (Å²) in [5.74, 6) is 2.80. The van der Waals surface area contributed by atoms with Crippen molar-refractivity contribution in [3.05, 3.63) is 59.4 Å².